The summed E-state index contributed by atoms with van der Waals surface area (Å²) in [6, 6.07) is 12.1. The molecule has 0 aliphatic carbocycles. The summed E-state index contributed by atoms with van der Waals surface area (Å²) in [5.74, 6) is 1.83. The minimum atomic E-state index is -0.475. The van der Waals surface area contributed by atoms with Gasteiger partial charge in [0.05, 0.1) is 18.6 Å². The number of rotatable bonds is 7. The van der Waals surface area contributed by atoms with Crippen LogP contribution in [0.1, 0.15) is 24.0 Å². The highest BCUT2D eigenvalue weighted by atomic mass is 16.5. The van der Waals surface area contributed by atoms with Crippen molar-refractivity contribution in [1.82, 2.24) is 10.3 Å². The molecule has 3 heterocycles. The van der Waals surface area contributed by atoms with Gasteiger partial charge < -0.3 is 19.7 Å². The van der Waals surface area contributed by atoms with Crippen LogP contribution in [0.25, 0.3) is 0 Å². The Labute approximate surface area is 172 Å². The number of hydrogen-bond donors (Lipinski definition) is 1. The van der Waals surface area contributed by atoms with Crippen LogP contribution in [0.5, 0.6) is 5.75 Å². The van der Waals surface area contributed by atoms with Gasteiger partial charge in [0, 0.05) is 32.4 Å². The highest BCUT2D eigenvalue weighted by molar-refractivity contribution is 5.86. The molecule has 0 radical (unpaired) electrons. The Balaban J connectivity index is 1.49. The Morgan fingerprint density at radius 2 is 2.21 bits per heavy atom. The predicted octanol–water partition coefficient (Wildman–Crippen LogP) is 2.74. The van der Waals surface area contributed by atoms with Crippen LogP contribution in [0.3, 0.4) is 0 Å². The Morgan fingerprint density at radius 1 is 1.34 bits per heavy atom. The molecule has 4 rings (SSSR count). The van der Waals surface area contributed by atoms with E-state index in [4.69, 9.17) is 9.47 Å². The van der Waals surface area contributed by atoms with Crippen LogP contribution in [0.15, 0.2) is 42.6 Å². The minimum Gasteiger partial charge on any atom is -0.497 e. The molecule has 2 aliphatic rings. The molecule has 2 fully saturated rings. The molecule has 0 saturated carbocycles. The van der Waals surface area contributed by atoms with E-state index in [1.807, 2.05) is 37.4 Å². The molecule has 1 unspecified atom stereocenters. The number of aromatic nitrogens is 1. The zero-order chi connectivity index (χ0) is 20.3. The van der Waals surface area contributed by atoms with E-state index in [0.29, 0.717) is 26.1 Å². The van der Waals surface area contributed by atoms with Crippen molar-refractivity contribution < 1.29 is 14.3 Å². The normalized spacial score (nSPS) is 20.2. The standard InChI is InChI=1S/C23H29N3O3/c1-17-8-9-21(24-13-17)26-15-23(16-26,12-18-5-3-6-19(11-18)28-2)22(27)25-14-20-7-4-10-29-20/h3,5-6,8-9,11,13,20H,4,7,10,12,14-16H2,1-2H3,(H,25,27). The second-order valence-electron chi connectivity index (χ2n) is 8.20. The maximum Gasteiger partial charge on any atom is 0.230 e. The number of anilines is 1. The lowest BCUT2D eigenvalue weighted by molar-refractivity contribution is -0.133. The number of pyridine rings is 1. The fourth-order valence-corrected chi connectivity index (χ4v) is 4.20. The fourth-order valence-electron chi connectivity index (χ4n) is 4.20. The Hall–Kier alpha value is -2.60. The number of nitrogens with zero attached hydrogens (tertiary/aromatic N) is 2. The highest BCUT2D eigenvalue weighted by Gasteiger charge is 2.49. The number of nitrogens with one attached hydrogen (secondary N) is 1. The molecule has 2 saturated heterocycles. The van der Waals surface area contributed by atoms with Gasteiger partial charge in [-0.2, -0.15) is 0 Å². The molecule has 1 aromatic carbocycles. The first-order valence-electron chi connectivity index (χ1n) is 10.3. The summed E-state index contributed by atoms with van der Waals surface area (Å²) in [5.41, 5.74) is 1.76. The van der Waals surface area contributed by atoms with E-state index in [-0.39, 0.29) is 12.0 Å². The van der Waals surface area contributed by atoms with Gasteiger partial charge in [0.1, 0.15) is 11.6 Å². The Kier molecular flexibility index (Phi) is 5.72. The number of benzene rings is 1. The van der Waals surface area contributed by atoms with Crippen molar-refractivity contribution >= 4 is 11.7 Å². The summed E-state index contributed by atoms with van der Waals surface area (Å²) in [6.07, 6.45) is 4.77. The topological polar surface area (TPSA) is 63.7 Å². The van der Waals surface area contributed by atoms with E-state index in [9.17, 15) is 4.79 Å². The fraction of sp³-hybridized carbons (Fsp3) is 0.478. The number of carbonyl (C=O) groups is 1. The molecule has 1 atom stereocenters. The average Bonchev–Trinajstić information content (AvgIpc) is 3.23. The molecule has 1 amide bonds. The molecule has 0 bridgehead atoms. The van der Waals surface area contributed by atoms with E-state index in [1.165, 1.54) is 0 Å². The molecule has 1 N–H and O–H groups in total. The number of amides is 1. The molecule has 6 heteroatoms. The summed E-state index contributed by atoms with van der Waals surface area (Å²) in [7, 11) is 1.66. The van der Waals surface area contributed by atoms with Crippen molar-refractivity contribution in [2.45, 2.75) is 32.3 Å². The lowest BCUT2D eigenvalue weighted by atomic mass is 9.73. The lowest BCUT2D eigenvalue weighted by Crippen LogP contribution is -2.65. The van der Waals surface area contributed by atoms with Gasteiger partial charge >= 0.3 is 0 Å². The third kappa shape index (κ3) is 4.37. The molecular weight excluding hydrogens is 366 g/mol. The molecule has 29 heavy (non-hydrogen) atoms. The summed E-state index contributed by atoms with van der Waals surface area (Å²) in [5, 5.41) is 3.16. The first-order valence-corrected chi connectivity index (χ1v) is 10.3. The SMILES string of the molecule is COc1cccc(CC2(C(=O)NCC3CCCO3)CN(c3ccc(C)cn3)C2)c1. The van der Waals surface area contributed by atoms with Gasteiger partial charge in [-0.1, -0.05) is 18.2 Å². The van der Waals surface area contributed by atoms with Crippen molar-refractivity contribution in [3.8, 4) is 5.75 Å². The number of aryl methyl sites for hydroxylation is 1. The zero-order valence-corrected chi connectivity index (χ0v) is 17.2. The largest absolute Gasteiger partial charge is 0.497 e. The minimum absolute atomic E-state index is 0.0965. The van der Waals surface area contributed by atoms with E-state index in [0.717, 1.165) is 42.1 Å². The molecule has 0 spiro atoms. The van der Waals surface area contributed by atoms with Gasteiger partial charge in [0.25, 0.3) is 0 Å². The van der Waals surface area contributed by atoms with Crippen molar-refractivity contribution in [1.29, 1.82) is 0 Å². The van der Waals surface area contributed by atoms with Crippen LogP contribution >= 0.6 is 0 Å². The zero-order valence-electron chi connectivity index (χ0n) is 17.2. The first-order chi connectivity index (χ1) is 14.1. The van der Waals surface area contributed by atoms with Crippen LogP contribution < -0.4 is 15.0 Å². The van der Waals surface area contributed by atoms with E-state index in [1.54, 1.807) is 7.11 Å². The maximum absolute atomic E-state index is 13.2. The van der Waals surface area contributed by atoms with E-state index in [2.05, 4.69) is 27.3 Å². The molecule has 1 aromatic heterocycles. The number of hydrogen-bond acceptors (Lipinski definition) is 5. The van der Waals surface area contributed by atoms with Crippen LogP contribution in [-0.2, 0) is 16.0 Å². The molecule has 154 valence electrons. The van der Waals surface area contributed by atoms with Gasteiger partial charge in [0.2, 0.25) is 5.91 Å². The van der Waals surface area contributed by atoms with Gasteiger partial charge in [0.15, 0.2) is 0 Å². The van der Waals surface area contributed by atoms with Gasteiger partial charge in [-0.3, -0.25) is 4.79 Å². The first kappa shape index (κ1) is 19.7. The van der Waals surface area contributed by atoms with Crippen molar-refractivity contribution in [3.05, 3.63) is 53.7 Å². The summed E-state index contributed by atoms with van der Waals surface area (Å²) >= 11 is 0. The molecule has 6 nitrogen and oxygen atoms in total. The quantitative estimate of drug-likeness (QED) is 0.781. The smallest absolute Gasteiger partial charge is 0.230 e. The van der Waals surface area contributed by atoms with Gasteiger partial charge in [-0.15, -0.1) is 0 Å². The maximum atomic E-state index is 13.2. The summed E-state index contributed by atoms with van der Waals surface area (Å²) < 4.78 is 11.0. The Morgan fingerprint density at radius 3 is 2.90 bits per heavy atom. The van der Waals surface area contributed by atoms with Crippen molar-refractivity contribution in [2.24, 2.45) is 5.41 Å². The second kappa shape index (κ2) is 8.41. The van der Waals surface area contributed by atoms with Gasteiger partial charge in [-0.05, 0) is 55.5 Å². The molecular formula is C23H29N3O3. The van der Waals surface area contributed by atoms with Gasteiger partial charge in [-0.25, -0.2) is 4.98 Å². The van der Waals surface area contributed by atoms with E-state index >= 15 is 0 Å². The molecule has 2 aliphatic heterocycles. The third-order valence-corrected chi connectivity index (χ3v) is 5.88. The number of methoxy groups -OCH3 is 1. The molecule has 2 aromatic rings. The van der Waals surface area contributed by atoms with Crippen LogP contribution in [-0.4, -0.2) is 50.3 Å². The number of ether oxygens (including phenoxy) is 2. The lowest BCUT2D eigenvalue weighted by Gasteiger charge is -2.49. The third-order valence-electron chi connectivity index (χ3n) is 5.88. The van der Waals surface area contributed by atoms with Crippen molar-refractivity contribution in [2.75, 3.05) is 38.3 Å². The van der Waals surface area contributed by atoms with Crippen LogP contribution in [0.4, 0.5) is 5.82 Å². The van der Waals surface area contributed by atoms with Crippen LogP contribution in [0, 0.1) is 12.3 Å². The number of carbonyl (C=O) groups excluding carboxylic acids is 1. The monoisotopic (exact) mass is 395 g/mol. The summed E-state index contributed by atoms with van der Waals surface area (Å²) in [6.45, 7) is 4.71. The second-order valence-corrected chi connectivity index (χ2v) is 8.20. The van der Waals surface area contributed by atoms with Crippen molar-refractivity contribution in [3.63, 3.8) is 0 Å². The highest BCUT2D eigenvalue weighted by Crippen LogP contribution is 2.37. The summed E-state index contributed by atoms with van der Waals surface area (Å²) in [4.78, 5) is 19.9. The van der Waals surface area contributed by atoms with Crippen LogP contribution in [0.2, 0.25) is 0 Å². The Bertz CT molecular complexity index is 841. The average molecular weight is 396 g/mol. The predicted molar refractivity (Wildman–Crippen MR) is 112 cm³/mol. The van der Waals surface area contributed by atoms with E-state index < -0.39 is 5.41 Å².